The van der Waals surface area contributed by atoms with Crippen LogP contribution in [0, 0.1) is 11.8 Å². The Bertz CT molecular complexity index is 347. The Kier molecular flexibility index (Phi) is 5.40. The topological polar surface area (TPSA) is 75.4 Å². The smallest absolute Gasteiger partial charge is 0.226 e. The van der Waals surface area contributed by atoms with Crippen LogP contribution in [-0.4, -0.2) is 42.4 Å². The minimum atomic E-state index is -0.0300. The van der Waals surface area contributed by atoms with E-state index in [1.54, 1.807) is 0 Å². The summed E-state index contributed by atoms with van der Waals surface area (Å²) in [6, 6.07) is 0.245. The van der Waals surface area contributed by atoms with E-state index >= 15 is 0 Å². The van der Waals surface area contributed by atoms with Crippen LogP contribution in [0.1, 0.15) is 45.4 Å². The number of carbonyl (C=O) groups is 2. The summed E-state index contributed by atoms with van der Waals surface area (Å²) in [5.41, 5.74) is 5.70. The Labute approximate surface area is 121 Å². The third-order valence-corrected chi connectivity index (χ3v) is 4.37. The lowest BCUT2D eigenvalue weighted by Gasteiger charge is -2.34. The summed E-state index contributed by atoms with van der Waals surface area (Å²) < 4.78 is 0. The van der Waals surface area contributed by atoms with Crippen molar-refractivity contribution in [2.45, 2.75) is 51.5 Å². The Balaban J connectivity index is 1.75. The molecule has 2 fully saturated rings. The van der Waals surface area contributed by atoms with Gasteiger partial charge in [0.05, 0.1) is 5.92 Å². The maximum Gasteiger partial charge on any atom is 0.226 e. The summed E-state index contributed by atoms with van der Waals surface area (Å²) in [6.07, 6.45) is 5.67. The van der Waals surface area contributed by atoms with Gasteiger partial charge in [0.1, 0.15) is 0 Å². The molecule has 1 aliphatic carbocycles. The van der Waals surface area contributed by atoms with Crippen molar-refractivity contribution in [3.63, 3.8) is 0 Å². The molecule has 3 N–H and O–H groups in total. The Morgan fingerprint density at radius 2 is 1.90 bits per heavy atom. The van der Waals surface area contributed by atoms with Gasteiger partial charge < -0.3 is 16.0 Å². The molecule has 2 aliphatic rings. The van der Waals surface area contributed by atoms with Crippen LogP contribution in [0.2, 0.25) is 0 Å². The monoisotopic (exact) mass is 281 g/mol. The first-order chi connectivity index (χ1) is 9.65. The number of amides is 2. The first-order valence-corrected chi connectivity index (χ1v) is 7.95. The molecule has 20 heavy (non-hydrogen) atoms. The van der Waals surface area contributed by atoms with Crippen molar-refractivity contribution in [2.75, 3.05) is 19.6 Å². The van der Waals surface area contributed by atoms with Crippen molar-refractivity contribution in [2.24, 2.45) is 17.6 Å². The maximum atomic E-state index is 12.3. The minimum absolute atomic E-state index is 0.0300. The van der Waals surface area contributed by atoms with Gasteiger partial charge >= 0.3 is 0 Å². The second-order valence-electron chi connectivity index (χ2n) is 6.10. The quantitative estimate of drug-likeness (QED) is 0.759. The number of likely N-dealkylation sites (tertiary alicyclic amines) is 1. The van der Waals surface area contributed by atoms with E-state index in [9.17, 15) is 9.59 Å². The zero-order valence-corrected chi connectivity index (χ0v) is 12.4. The molecule has 2 rings (SSSR count). The fourth-order valence-corrected chi connectivity index (χ4v) is 2.86. The molecular formula is C15H27N3O2. The normalized spacial score (nSPS) is 21.6. The van der Waals surface area contributed by atoms with Gasteiger partial charge in [0.25, 0.3) is 0 Å². The van der Waals surface area contributed by atoms with Crippen molar-refractivity contribution < 1.29 is 9.59 Å². The largest absolute Gasteiger partial charge is 0.353 e. The van der Waals surface area contributed by atoms with Gasteiger partial charge in [-0.3, -0.25) is 9.59 Å². The number of piperidine rings is 1. The fraction of sp³-hybridized carbons (Fsp3) is 0.867. The number of rotatable bonds is 6. The van der Waals surface area contributed by atoms with Crippen LogP contribution >= 0.6 is 0 Å². The number of hydrogen-bond acceptors (Lipinski definition) is 3. The lowest BCUT2D eigenvalue weighted by atomic mass is 9.99. The van der Waals surface area contributed by atoms with Crippen LogP contribution in [0.5, 0.6) is 0 Å². The molecule has 1 aliphatic heterocycles. The second kappa shape index (κ2) is 7.07. The minimum Gasteiger partial charge on any atom is -0.353 e. The van der Waals surface area contributed by atoms with E-state index in [-0.39, 0.29) is 29.7 Å². The van der Waals surface area contributed by atoms with Crippen molar-refractivity contribution >= 4 is 11.8 Å². The predicted octanol–water partition coefficient (Wildman–Crippen LogP) is 0.879. The van der Waals surface area contributed by atoms with Gasteiger partial charge in [0.2, 0.25) is 11.8 Å². The molecule has 5 heteroatoms. The molecule has 1 heterocycles. The van der Waals surface area contributed by atoms with Crippen molar-refractivity contribution in [1.82, 2.24) is 10.2 Å². The lowest BCUT2D eigenvalue weighted by molar-refractivity contribution is -0.136. The van der Waals surface area contributed by atoms with Crippen molar-refractivity contribution in [1.29, 1.82) is 0 Å². The second-order valence-corrected chi connectivity index (χ2v) is 6.10. The standard InChI is InChI=1S/C15H27N3O2/c1-2-3-12(10-16)15(20)18-8-6-13(7-9-18)17-14(19)11-4-5-11/h11-13H,2-10,16H2,1H3,(H,17,19). The summed E-state index contributed by atoms with van der Waals surface area (Å²) in [7, 11) is 0. The molecular weight excluding hydrogens is 254 g/mol. The third kappa shape index (κ3) is 3.95. The van der Waals surface area contributed by atoms with E-state index in [4.69, 9.17) is 5.73 Å². The highest BCUT2D eigenvalue weighted by Crippen LogP contribution is 2.29. The SMILES string of the molecule is CCCC(CN)C(=O)N1CCC(NC(=O)C2CC2)CC1. The zero-order chi connectivity index (χ0) is 14.5. The Morgan fingerprint density at radius 1 is 1.25 bits per heavy atom. The molecule has 2 amide bonds. The lowest BCUT2D eigenvalue weighted by Crippen LogP contribution is -2.49. The molecule has 0 aromatic heterocycles. The summed E-state index contributed by atoms with van der Waals surface area (Å²) in [5.74, 6) is 0.639. The van der Waals surface area contributed by atoms with Crippen LogP contribution in [0.3, 0.4) is 0 Å². The van der Waals surface area contributed by atoms with Crippen LogP contribution in [0.4, 0.5) is 0 Å². The summed E-state index contributed by atoms with van der Waals surface area (Å²) >= 11 is 0. The van der Waals surface area contributed by atoms with E-state index in [2.05, 4.69) is 12.2 Å². The molecule has 0 spiro atoms. The van der Waals surface area contributed by atoms with E-state index < -0.39 is 0 Å². The number of nitrogens with two attached hydrogens (primary N) is 1. The van der Waals surface area contributed by atoms with Crippen LogP contribution in [0.15, 0.2) is 0 Å². The third-order valence-electron chi connectivity index (χ3n) is 4.37. The van der Waals surface area contributed by atoms with E-state index in [1.165, 1.54) is 0 Å². The molecule has 1 saturated carbocycles. The average molecular weight is 281 g/mol. The van der Waals surface area contributed by atoms with Crippen LogP contribution in [-0.2, 0) is 9.59 Å². The molecule has 1 atom stereocenters. The van der Waals surface area contributed by atoms with Crippen molar-refractivity contribution in [3.8, 4) is 0 Å². The van der Waals surface area contributed by atoms with Gasteiger partial charge in [0.15, 0.2) is 0 Å². The molecule has 5 nitrogen and oxygen atoms in total. The number of nitrogens with one attached hydrogen (secondary N) is 1. The van der Waals surface area contributed by atoms with E-state index in [0.29, 0.717) is 6.54 Å². The molecule has 0 bridgehead atoms. The van der Waals surface area contributed by atoms with Gasteiger partial charge in [-0.1, -0.05) is 13.3 Å². The highest BCUT2D eigenvalue weighted by atomic mass is 16.2. The van der Waals surface area contributed by atoms with Gasteiger partial charge in [-0.2, -0.15) is 0 Å². The molecule has 1 unspecified atom stereocenters. The van der Waals surface area contributed by atoms with Gasteiger partial charge in [-0.05, 0) is 32.1 Å². The molecule has 0 radical (unpaired) electrons. The molecule has 114 valence electrons. The van der Waals surface area contributed by atoms with Crippen molar-refractivity contribution in [3.05, 3.63) is 0 Å². The van der Waals surface area contributed by atoms with Crippen LogP contribution in [0.25, 0.3) is 0 Å². The molecule has 0 aromatic rings. The Hall–Kier alpha value is -1.10. The van der Waals surface area contributed by atoms with Gasteiger partial charge in [0, 0.05) is 31.6 Å². The van der Waals surface area contributed by atoms with E-state index in [1.807, 2.05) is 4.90 Å². The first kappa shape index (κ1) is 15.3. The number of hydrogen-bond donors (Lipinski definition) is 2. The number of carbonyl (C=O) groups excluding carboxylic acids is 2. The van der Waals surface area contributed by atoms with Gasteiger partial charge in [-0.15, -0.1) is 0 Å². The summed E-state index contributed by atoms with van der Waals surface area (Å²) in [6.45, 7) is 4.00. The average Bonchev–Trinajstić information content (AvgIpc) is 3.29. The van der Waals surface area contributed by atoms with E-state index in [0.717, 1.165) is 51.6 Å². The molecule has 0 aromatic carbocycles. The van der Waals surface area contributed by atoms with Crippen LogP contribution < -0.4 is 11.1 Å². The fourth-order valence-electron chi connectivity index (χ4n) is 2.86. The Morgan fingerprint density at radius 3 is 2.40 bits per heavy atom. The number of nitrogens with zero attached hydrogens (tertiary/aromatic N) is 1. The first-order valence-electron chi connectivity index (χ1n) is 7.95. The van der Waals surface area contributed by atoms with Gasteiger partial charge in [-0.25, -0.2) is 0 Å². The zero-order valence-electron chi connectivity index (χ0n) is 12.4. The molecule has 1 saturated heterocycles. The highest BCUT2D eigenvalue weighted by Gasteiger charge is 2.32. The maximum absolute atomic E-state index is 12.3. The predicted molar refractivity (Wildman–Crippen MR) is 77.9 cm³/mol. The highest BCUT2D eigenvalue weighted by molar-refractivity contribution is 5.81. The summed E-state index contributed by atoms with van der Waals surface area (Å²) in [5, 5.41) is 3.11. The summed E-state index contributed by atoms with van der Waals surface area (Å²) in [4.78, 5) is 26.0.